The first-order valence-corrected chi connectivity index (χ1v) is 10.4. The second-order valence-electron chi connectivity index (χ2n) is 7.90. The summed E-state index contributed by atoms with van der Waals surface area (Å²) in [5, 5.41) is 12.0. The fraction of sp³-hybridized carbons (Fsp3) is 0.125. The zero-order chi connectivity index (χ0) is 21.7. The van der Waals surface area contributed by atoms with E-state index in [4.69, 9.17) is 9.52 Å². The van der Waals surface area contributed by atoms with Crippen molar-refractivity contribution < 1.29 is 9.21 Å². The number of aromatic amines is 1. The van der Waals surface area contributed by atoms with Crippen LogP contribution in [0.15, 0.2) is 77.7 Å². The standard InChI is InChI=1S/C24H20N6O2/c1-16-6-4-7-17(12-16)30-23(28-9-2-3-10-28)18-14-29(15-21(18)27-30)24(31)20-13-19(25-26-20)22-8-5-11-32-22/h2-13H,14-15H2,1H3,(H,25,26). The Bertz CT molecular complexity index is 1410. The quantitative estimate of drug-likeness (QED) is 0.471. The van der Waals surface area contributed by atoms with Crippen molar-refractivity contribution in [3.8, 4) is 23.0 Å². The summed E-state index contributed by atoms with van der Waals surface area (Å²) < 4.78 is 9.39. The molecule has 0 bridgehead atoms. The van der Waals surface area contributed by atoms with Gasteiger partial charge in [-0.05, 0) is 48.9 Å². The third kappa shape index (κ3) is 2.96. The first kappa shape index (κ1) is 18.4. The van der Waals surface area contributed by atoms with Crippen molar-refractivity contribution in [1.82, 2.24) is 29.4 Å². The van der Waals surface area contributed by atoms with E-state index in [1.165, 1.54) is 5.56 Å². The maximum absolute atomic E-state index is 13.2. The lowest BCUT2D eigenvalue weighted by Gasteiger charge is -2.16. The Labute approximate surface area is 183 Å². The van der Waals surface area contributed by atoms with Gasteiger partial charge in [0.05, 0.1) is 30.7 Å². The molecule has 0 unspecified atom stereocenters. The molecule has 1 aliphatic rings. The lowest BCUT2D eigenvalue weighted by Crippen LogP contribution is -2.26. The highest BCUT2D eigenvalue weighted by Crippen LogP contribution is 2.31. The number of fused-ring (bicyclic) bond motifs is 1. The third-order valence-electron chi connectivity index (χ3n) is 5.70. The van der Waals surface area contributed by atoms with Gasteiger partial charge in [0, 0.05) is 24.0 Å². The Morgan fingerprint density at radius 1 is 1.06 bits per heavy atom. The third-order valence-corrected chi connectivity index (χ3v) is 5.70. The number of H-pyrrole nitrogens is 1. The van der Waals surface area contributed by atoms with Gasteiger partial charge in [0.25, 0.3) is 5.91 Å². The normalized spacial score (nSPS) is 13.0. The number of nitrogens with zero attached hydrogens (tertiary/aromatic N) is 5. The van der Waals surface area contributed by atoms with E-state index in [1.807, 2.05) is 52.0 Å². The minimum atomic E-state index is -0.141. The van der Waals surface area contributed by atoms with Crippen molar-refractivity contribution in [2.24, 2.45) is 0 Å². The number of carbonyl (C=O) groups excluding carboxylic acids is 1. The van der Waals surface area contributed by atoms with Crippen molar-refractivity contribution in [2.45, 2.75) is 20.0 Å². The fourth-order valence-electron chi connectivity index (χ4n) is 4.18. The van der Waals surface area contributed by atoms with E-state index < -0.39 is 0 Å². The van der Waals surface area contributed by atoms with Crippen LogP contribution in [-0.4, -0.2) is 35.4 Å². The maximum atomic E-state index is 13.2. The number of rotatable bonds is 4. The maximum Gasteiger partial charge on any atom is 0.275 e. The van der Waals surface area contributed by atoms with Crippen LogP contribution in [0.25, 0.3) is 23.0 Å². The van der Waals surface area contributed by atoms with Gasteiger partial charge in [-0.1, -0.05) is 12.1 Å². The highest BCUT2D eigenvalue weighted by molar-refractivity contribution is 5.93. The molecule has 32 heavy (non-hydrogen) atoms. The Kier molecular flexibility index (Phi) is 4.10. The van der Waals surface area contributed by atoms with Crippen LogP contribution < -0.4 is 0 Å². The molecule has 1 amide bonds. The molecule has 0 aliphatic carbocycles. The molecule has 158 valence electrons. The molecule has 0 saturated heterocycles. The predicted octanol–water partition coefficient (Wildman–Crippen LogP) is 4.11. The zero-order valence-electron chi connectivity index (χ0n) is 17.4. The summed E-state index contributed by atoms with van der Waals surface area (Å²) in [6.45, 7) is 2.97. The number of hydrogen-bond donors (Lipinski definition) is 1. The number of carbonyl (C=O) groups is 1. The molecule has 5 heterocycles. The molecule has 4 aromatic heterocycles. The van der Waals surface area contributed by atoms with E-state index in [1.54, 1.807) is 23.3 Å². The number of hydrogen-bond acceptors (Lipinski definition) is 4. The van der Waals surface area contributed by atoms with Gasteiger partial charge >= 0.3 is 0 Å². The number of aryl methyl sites for hydroxylation is 1. The van der Waals surface area contributed by atoms with Gasteiger partial charge in [-0.2, -0.15) is 10.2 Å². The van der Waals surface area contributed by atoms with Gasteiger partial charge in [-0.3, -0.25) is 9.89 Å². The highest BCUT2D eigenvalue weighted by Gasteiger charge is 2.32. The van der Waals surface area contributed by atoms with E-state index >= 15 is 0 Å². The van der Waals surface area contributed by atoms with Crippen LogP contribution in [0.2, 0.25) is 0 Å². The van der Waals surface area contributed by atoms with Crippen molar-refractivity contribution in [3.05, 3.63) is 95.8 Å². The monoisotopic (exact) mass is 424 g/mol. The highest BCUT2D eigenvalue weighted by atomic mass is 16.3. The number of furan rings is 1. The predicted molar refractivity (Wildman–Crippen MR) is 117 cm³/mol. The molecule has 0 radical (unpaired) electrons. The SMILES string of the molecule is Cc1cccc(-n2nc3c(c2-n2cccc2)CN(C(=O)c2cc(-c4ccco4)[nH]n2)C3)c1. The van der Waals surface area contributed by atoms with Gasteiger partial charge in [0.15, 0.2) is 11.5 Å². The van der Waals surface area contributed by atoms with Crippen LogP contribution in [0.5, 0.6) is 0 Å². The summed E-state index contributed by atoms with van der Waals surface area (Å²) in [5.41, 5.74) is 5.13. The summed E-state index contributed by atoms with van der Waals surface area (Å²) in [5.74, 6) is 1.45. The van der Waals surface area contributed by atoms with Gasteiger partial charge in [0.1, 0.15) is 11.5 Å². The summed E-state index contributed by atoms with van der Waals surface area (Å²) in [4.78, 5) is 14.9. The molecule has 0 atom stereocenters. The number of benzene rings is 1. The van der Waals surface area contributed by atoms with Crippen LogP contribution in [0.3, 0.4) is 0 Å². The lowest BCUT2D eigenvalue weighted by molar-refractivity contribution is 0.0743. The summed E-state index contributed by atoms with van der Waals surface area (Å²) >= 11 is 0. The molecule has 8 nitrogen and oxygen atoms in total. The van der Waals surface area contributed by atoms with E-state index in [9.17, 15) is 4.79 Å². The molecule has 0 saturated carbocycles. The van der Waals surface area contributed by atoms with Crippen molar-refractivity contribution in [2.75, 3.05) is 0 Å². The van der Waals surface area contributed by atoms with E-state index in [0.717, 1.165) is 22.8 Å². The molecule has 6 rings (SSSR count). The first-order valence-electron chi connectivity index (χ1n) is 10.4. The number of amides is 1. The fourth-order valence-corrected chi connectivity index (χ4v) is 4.18. The summed E-state index contributed by atoms with van der Waals surface area (Å²) in [6, 6.07) is 17.6. The molecular formula is C24H20N6O2. The molecule has 5 aromatic rings. The van der Waals surface area contributed by atoms with E-state index in [0.29, 0.717) is 30.2 Å². The molecular weight excluding hydrogens is 404 g/mol. The van der Waals surface area contributed by atoms with Gasteiger partial charge < -0.3 is 13.9 Å². The molecule has 0 fully saturated rings. The topological polar surface area (TPSA) is 84.9 Å². The average Bonchev–Trinajstić information content (AvgIpc) is 3.60. The minimum absolute atomic E-state index is 0.141. The number of nitrogens with one attached hydrogen (secondary N) is 1. The van der Waals surface area contributed by atoms with E-state index in [2.05, 4.69) is 29.3 Å². The van der Waals surface area contributed by atoms with Crippen LogP contribution >= 0.6 is 0 Å². The second kappa shape index (κ2) is 7.12. The van der Waals surface area contributed by atoms with Crippen LogP contribution in [0.4, 0.5) is 0 Å². The zero-order valence-corrected chi connectivity index (χ0v) is 17.4. The summed E-state index contributed by atoms with van der Waals surface area (Å²) in [6.07, 6.45) is 5.58. The lowest BCUT2D eigenvalue weighted by atomic mass is 10.2. The Balaban J connectivity index is 1.34. The Morgan fingerprint density at radius 3 is 2.72 bits per heavy atom. The van der Waals surface area contributed by atoms with Gasteiger partial charge in [-0.25, -0.2) is 4.68 Å². The second-order valence-corrected chi connectivity index (χ2v) is 7.90. The largest absolute Gasteiger partial charge is 0.463 e. The van der Waals surface area contributed by atoms with Crippen LogP contribution in [0.1, 0.15) is 27.3 Å². The first-order chi connectivity index (χ1) is 15.7. The summed E-state index contributed by atoms with van der Waals surface area (Å²) in [7, 11) is 0. The van der Waals surface area contributed by atoms with Gasteiger partial charge in [0.2, 0.25) is 0 Å². The molecule has 0 spiro atoms. The molecule has 1 N–H and O–H groups in total. The van der Waals surface area contributed by atoms with E-state index in [-0.39, 0.29) is 5.91 Å². The van der Waals surface area contributed by atoms with Crippen LogP contribution in [0, 0.1) is 6.92 Å². The van der Waals surface area contributed by atoms with Crippen LogP contribution in [-0.2, 0) is 13.1 Å². The molecule has 1 aliphatic heterocycles. The smallest absolute Gasteiger partial charge is 0.275 e. The average molecular weight is 424 g/mol. The minimum Gasteiger partial charge on any atom is -0.463 e. The molecule has 8 heteroatoms. The Morgan fingerprint density at radius 2 is 1.94 bits per heavy atom. The van der Waals surface area contributed by atoms with Gasteiger partial charge in [-0.15, -0.1) is 0 Å². The van der Waals surface area contributed by atoms with Crippen molar-refractivity contribution >= 4 is 5.91 Å². The Hall–Kier alpha value is -4.33. The van der Waals surface area contributed by atoms with Crippen molar-refractivity contribution in [1.29, 1.82) is 0 Å². The van der Waals surface area contributed by atoms with Crippen molar-refractivity contribution in [3.63, 3.8) is 0 Å². The number of aromatic nitrogens is 5. The molecule has 1 aromatic carbocycles.